The predicted molar refractivity (Wildman–Crippen MR) is 123 cm³/mol. The summed E-state index contributed by atoms with van der Waals surface area (Å²) in [6.07, 6.45) is 3.76. The lowest BCUT2D eigenvalue weighted by molar-refractivity contribution is -0.212. The third-order valence-electron chi connectivity index (χ3n) is 4.52. The maximum Gasteiger partial charge on any atom is 0.160 e. The lowest BCUT2D eigenvalue weighted by Crippen LogP contribution is -2.47. The Morgan fingerprint density at radius 1 is 1.03 bits per heavy atom. The van der Waals surface area contributed by atoms with Crippen molar-refractivity contribution in [1.82, 2.24) is 5.32 Å². The minimum atomic E-state index is -1.15. The first-order chi connectivity index (χ1) is 13.9. The average molecular weight is 401 g/mol. The number of nitrogens with two attached hydrogens (primary N) is 1. The second-order valence-electron chi connectivity index (χ2n) is 7.94. The molecule has 29 heavy (non-hydrogen) atoms. The van der Waals surface area contributed by atoms with Crippen molar-refractivity contribution in [1.29, 1.82) is 0 Å². The van der Waals surface area contributed by atoms with Gasteiger partial charge in [-0.2, -0.15) is 0 Å². The first kappa shape index (κ1) is 25.3. The van der Waals surface area contributed by atoms with Gasteiger partial charge in [0.15, 0.2) is 5.79 Å². The summed E-state index contributed by atoms with van der Waals surface area (Å²) in [5, 5.41) is 13.6. The van der Waals surface area contributed by atoms with Gasteiger partial charge in [-0.15, -0.1) is 0 Å². The van der Waals surface area contributed by atoms with Gasteiger partial charge in [0.1, 0.15) is 0 Å². The standard InChI is InChI=1S/C18H32N2O2.C7H8/c1-4-5-13-20-16(14-15-9-7-6-8-10-15)17(11-12-19)22-18(2,3)21;1-7-5-3-2-4-6-7/h6-10,16-17,20-21H,4-5,11-14,19H2,1-3H3;2-6H,1H3. The van der Waals surface area contributed by atoms with E-state index in [0.717, 1.165) is 32.2 Å². The molecule has 0 heterocycles. The van der Waals surface area contributed by atoms with Crippen LogP contribution in [0.1, 0.15) is 51.2 Å². The zero-order valence-electron chi connectivity index (χ0n) is 18.6. The van der Waals surface area contributed by atoms with Crippen LogP contribution in [0.5, 0.6) is 0 Å². The quantitative estimate of drug-likeness (QED) is 0.385. The molecule has 2 aromatic carbocycles. The number of unbranched alkanes of at least 4 members (excludes halogenated alkanes) is 1. The molecule has 2 atom stereocenters. The maximum atomic E-state index is 10.0. The minimum absolute atomic E-state index is 0.109. The normalized spacial score (nSPS) is 13.3. The van der Waals surface area contributed by atoms with Crippen molar-refractivity contribution in [2.24, 2.45) is 5.73 Å². The molecular weight excluding hydrogens is 360 g/mol. The first-order valence-corrected chi connectivity index (χ1v) is 10.7. The Kier molecular flexibility index (Phi) is 12.5. The van der Waals surface area contributed by atoms with Gasteiger partial charge in [0.2, 0.25) is 0 Å². The summed E-state index contributed by atoms with van der Waals surface area (Å²) in [5.74, 6) is -1.15. The van der Waals surface area contributed by atoms with E-state index in [1.54, 1.807) is 13.8 Å². The fourth-order valence-corrected chi connectivity index (χ4v) is 3.08. The van der Waals surface area contributed by atoms with Crippen LogP contribution in [0.3, 0.4) is 0 Å². The minimum Gasteiger partial charge on any atom is -0.366 e. The second kappa shape index (κ2) is 14.3. The highest BCUT2D eigenvalue weighted by atomic mass is 16.6. The van der Waals surface area contributed by atoms with E-state index in [2.05, 4.69) is 43.4 Å². The van der Waals surface area contributed by atoms with E-state index in [0.29, 0.717) is 6.54 Å². The average Bonchev–Trinajstić information content (AvgIpc) is 2.68. The van der Waals surface area contributed by atoms with E-state index in [9.17, 15) is 5.11 Å². The van der Waals surface area contributed by atoms with Crippen molar-refractivity contribution in [3.05, 3.63) is 71.8 Å². The van der Waals surface area contributed by atoms with Gasteiger partial charge in [-0.05, 0) is 58.7 Å². The molecular formula is C25H40N2O2. The van der Waals surface area contributed by atoms with Crippen LogP contribution in [-0.4, -0.2) is 36.1 Å². The van der Waals surface area contributed by atoms with E-state index >= 15 is 0 Å². The van der Waals surface area contributed by atoms with Gasteiger partial charge in [-0.1, -0.05) is 79.6 Å². The predicted octanol–water partition coefficient (Wildman–Crippen LogP) is 4.44. The first-order valence-electron chi connectivity index (χ1n) is 10.7. The lowest BCUT2D eigenvalue weighted by Gasteiger charge is -2.33. The highest BCUT2D eigenvalue weighted by molar-refractivity contribution is 5.16. The molecule has 0 fully saturated rings. The van der Waals surface area contributed by atoms with Crippen molar-refractivity contribution in [3.8, 4) is 0 Å². The van der Waals surface area contributed by atoms with Gasteiger partial charge in [-0.3, -0.25) is 0 Å². The highest BCUT2D eigenvalue weighted by Crippen LogP contribution is 2.17. The van der Waals surface area contributed by atoms with Gasteiger partial charge in [0.05, 0.1) is 6.10 Å². The number of aliphatic hydroxyl groups is 1. The molecule has 4 nitrogen and oxygen atoms in total. The van der Waals surface area contributed by atoms with E-state index in [-0.39, 0.29) is 12.1 Å². The molecule has 0 aliphatic carbocycles. The molecule has 0 saturated heterocycles. The summed E-state index contributed by atoms with van der Waals surface area (Å²) in [4.78, 5) is 0. The van der Waals surface area contributed by atoms with Crippen molar-refractivity contribution in [3.63, 3.8) is 0 Å². The number of ether oxygens (including phenoxy) is 1. The lowest BCUT2D eigenvalue weighted by atomic mass is 9.98. The fraction of sp³-hybridized carbons (Fsp3) is 0.520. The molecule has 4 N–H and O–H groups in total. The summed E-state index contributed by atoms with van der Waals surface area (Å²) < 4.78 is 5.86. The third-order valence-corrected chi connectivity index (χ3v) is 4.52. The maximum absolute atomic E-state index is 10.0. The van der Waals surface area contributed by atoms with Gasteiger partial charge in [-0.25, -0.2) is 0 Å². The molecule has 4 heteroatoms. The number of aryl methyl sites for hydroxylation is 1. The fourth-order valence-electron chi connectivity index (χ4n) is 3.08. The Labute approximate surface area is 177 Å². The Bertz CT molecular complexity index is 626. The molecule has 0 spiro atoms. The molecule has 2 rings (SSSR count). The molecule has 2 unspecified atom stereocenters. The second-order valence-corrected chi connectivity index (χ2v) is 7.94. The zero-order chi connectivity index (χ0) is 21.5. The van der Waals surface area contributed by atoms with Crippen molar-refractivity contribution >= 4 is 0 Å². The molecule has 0 radical (unpaired) electrons. The highest BCUT2D eigenvalue weighted by Gasteiger charge is 2.27. The van der Waals surface area contributed by atoms with Crippen molar-refractivity contribution in [2.45, 2.75) is 71.3 Å². The Morgan fingerprint density at radius 2 is 1.62 bits per heavy atom. The molecule has 0 bridgehead atoms. The summed E-state index contributed by atoms with van der Waals surface area (Å²) in [5.41, 5.74) is 8.33. The van der Waals surface area contributed by atoms with Gasteiger partial charge < -0.3 is 20.9 Å². The number of hydrogen-bond acceptors (Lipinski definition) is 4. The molecule has 2 aromatic rings. The number of nitrogens with one attached hydrogen (secondary N) is 1. The topological polar surface area (TPSA) is 67.5 Å². The van der Waals surface area contributed by atoms with Crippen LogP contribution in [0.25, 0.3) is 0 Å². The van der Waals surface area contributed by atoms with Crippen LogP contribution in [0, 0.1) is 6.92 Å². The van der Waals surface area contributed by atoms with Gasteiger partial charge >= 0.3 is 0 Å². The molecule has 0 aliphatic rings. The van der Waals surface area contributed by atoms with E-state index in [1.165, 1.54) is 11.1 Å². The van der Waals surface area contributed by atoms with Crippen LogP contribution in [-0.2, 0) is 11.2 Å². The smallest absolute Gasteiger partial charge is 0.160 e. The summed E-state index contributed by atoms with van der Waals surface area (Å²) in [6, 6.07) is 20.8. The summed E-state index contributed by atoms with van der Waals surface area (Å²) >= 11 is 0. The molecule has 0 amide bonds. The Hall–Kier alpha value is -1.72. The van der Waals surface area contributed by atoms with Crippen LogP contribution < -0.4 is 11.1 Å². The van der Waals surface area contributed by atoms with Crippen molar-refractivity contribution < 1.29 is 9.84 Å². The number of benzene rings is 2. The molecule has 0 saturated carbocycles. The van der Waals surface area contributed by atoms with E-state index < -0.39 is 5.79 Å². The van der Waals surface area contributed by atoms with Crippen LogP contribution in [0.2, 0.25) is 0 Å². The summed E-state index contributed by atoms with van der Waals surface area (Å²) in [7, 11) is 0. The van der Waals surface area contributed by atoms with Gasteiger partial charge in [0.25, 0.3) is 0 Å². The third kappa shape index (κ3) is 12.4. The molecule has 0 aliphatic heterocycles. The Balaban J connectivity index is 0.000000502. The number of hydrogen-bond donors (Lipinski definition) is 3. The summed E-state index contributed by atoms with van der Waals surface area (Å²) in [6.45, 7) is 9.09. The van der Waals surface area contributed by atoms with E-state index in [1.807, 2.05) is 36.4 Å². The van der Waals surface area contributed by atoms with Crippen LogP contribution in [0.15, 0.2) is 60.7 Å². The molecule has 162 valence electrons. The zero-order valence-corrected chi connectivity index (χ0v) is 18.6. The van der Waals surface area contributed by atoms with Crippen LogP contribution >= 0.6 is 0 Å². The van der Waals surface area contributed by atoms with Crippen LogP contribution in [0.4, 0.5) is 0 Å². The Morgan fingerprint density at radius 3 is 2.07 bits per heavy atom. The molecule has 0 aromatic heterocycles. The van der Waals surface area contributed by atoms with Gasteiger partial charge in [0, 0.05) is 6.04 Å². The number of rotatable bonds is 11. The monoisotopic (exact) mass is 400 g/mol. The largest absolute Gasteiger partial charge is 0.366 e. The SMILES string of the molecule is CCCCNC(Cc1ccccc1)C(CCN)OC(C)(C)O.Cc1ccccc1. The van der Waals surface area contributed by atoms with E-state index in [4.69, 9.17) is 10.5 Å². The van der Waals surface area contributed by atoms with Crippen molar-refractivity contribution in [2.75, 3.05) is 13.1 Å².